The number of non-ortho nitro benzene ring substituents is 1. The molecule has 0 bridgehead atoms. The summed E-state index contributed by atoms with van der Waals surface area (Å²) in [6.45, 7) is 11.6. The van der Waals surface area contributed by atoms with Gasteiger partial charge in [0.05, 0.1) is 4.92 Å². The minimum absolute atomic E-state index is 0.0317. The van der Waals surface area contributed by atoms with E-state index < -0.39 is 11.1 Å². The number of rotatable bonds is 40. The molecule has 0 amide bonds. The third-order valence-electron chi connectivity index (χ3n) is 12.2. The highest BCUT2D eigenvalue weighted by molar-refractivity contribution is 5.64. The lowest BCUT2D eigenvalue weighted by Crippen LogP contribution is -2.21. The molecule has 56 heavy (non-hydrogen) atoms. The summed E-state index contributed by atoms with van der Waals surface area (Å²) in [7, 11) is 0. The Balaban J connectivity index is 2.68. The summed E-state index contributed by atoms with van der Waals surface area (Å²) >= 11 is 0. The first-order valence-electron chi connectivity index (χ1n) is 24.5. The maximum absolute atomic E-state index is 12.7. The summed E-state index contributed by atoms with van der Waals surface area (Å²) in [6.07, 6.45) is 43.6. The van der Waals surface area contributed by atoms with Gasteiger partial charge in [0.25, 0.3) is 5.69 Å². The van der Waals surface area contributed by atoms with E-state index in [0.29, 0.717) is 0 Å². The highest BCUT2D eigenvalue weighted by atomic mass is 16.7. The number of nitrogens with zero attached hydrogens (tertiary/aromatic N) is 1. The third-order valence-corrected chi connectivity index (χ3v) is 12.2. The summed E-state index contributed by atoms with van der Waals surface area (Å²) < 4.78 is 11.2. The molecular weight excluding hydrogens is 695 g/mol. The van der Waals surface area contributed by atoms with Crippen LogP contribution in [0.25, 0.3) is 0 Å². The SMILES string of the molecule is CCCCCCCCCC(CCCCCCCCC(CC(CCCC)CCCCCC)CC(CCCC)CCCCCC)OC(=O)Oc1ccc([N+](=O)[O-])cc1. The van der Waals surface area contributed by atoms with E-state index in [2.05, 4.69) is 34.6 Å². The van der Waals surface area contributed by atoms with Crippen molar-refractivity contribution in [3.63, 3.8) is 0 Å². The number of carbonyl (C=O) groups is 1. The molecule has 1 aromatic carbocycles. The number of nitro groups is 1. The first-order chi connectivity index (χ1) is 27.4. The maximum atomic E-state index is 12.7. The van der Waals surface area contributed by atoms with E-state index in [0.717, 1.165) is 43.4 Å². The van der Waals surface area contributed by atoms with Crippen LogP contribution in [0.1, 0.15) is 253 Å². The topological polar surface area (TPSA) is 78.7 Å². The largest absolute Gasteiger partial charge is 0.514 e. The predicted octanol–water partition coefficient (Wildman–Crippen LogP) is 17.7. The molecule has 1 rings (SSSR count). The Morgan fingerprint density at radius 1 is 0.482 bits per heavy atom. The van der Waals surface area contributed by atoms with Crippen LogP contribution in [0.3, 0.4) is 0 Å². The Labute approximate surface area is 347 Å². The average Bonchev–Trinajstić information content (AvgIpc) is 3.19. The zero-order valence-electron chi connectivity index (χ0n) is 37.6. The lowest BCUT2D eigenvalue weighted by Gasteiger charge is -2.28. The highest BCUT2D eigenvalue weighted by Gasteiger charge is 2.21. The Hall–Kier alpha value is -2.11. The van der Waals surface area contributed by atoms with Gasteiger partial charge in [-0.2, -0.15) is 0 Å². The lowest BCUT2D eigenvalue weighted by atomic mass is 9.78. The second-order valence-electron chi connectivity index (χ2n) is 17.5. The van der Waals surface area contributed by atoms with Crippen molar-refractivity contribution in [1.29, 1.82) is 0 Å². The lowest BCUT2D eigenvalue weighted by molar-refractivity contribution is -0.384. The van der Waals surface area contributed by atoms with Crippen molar-refractivity contribution in [3.8, 4) is 5.75 Å². The number of carbonyl (C=O) groups excluding carboxylic acids is 1. The zero-order chi connectivity index (χ0) is 40.9. The molecule has 0 aliphatic heterocycles. The molecule has 3 atom stereocenters. The molecule has 0 N–H and O–H groups in total. The van der Waals surface area contributed by atoms with Crippen LogP contribution in [0.5, 0.6) is 5.75 Å². The Morgan fingerprint density at radius 3 is 1.23 bits per heavy atom. The minimum Gasteiger partial charge on any atom is -0.431 e. The van der Waals surface area contributed by atoms with Gasteiger partial charge in [0.1, 0.15) is 11.9 Å². The Kier molecular flexibility index (Phi) is 34.5. The van der Waals surface area contributed by atoms with Crippen LogP contribution in [0.15, 0.2) is 24.3 Å². The third kappa shape index (κ3) is 29.2. The van der Waals surface area contributed by atoms with Crippen LogP contribution in [0, 0.1) is 27.9 Å². The minimum atomic E-state index is -0.711. The molecule has 0 aromatic heterocycles. The van der Waals surface area contributed by atoms with Crippen molar-refractivity contribution in [2.24, 2.45) is 17.8 Å². The van der Waals surface area contributed by atoms with Crippen LogP contribution in [-0.4, -0.2) is 17.2 Å². The summed E-state index contributed by atoms with van der Waals surface area (Å²) in [6, 6.07) is 5.59. The molecule has 0 saturated carbocycles. The van der Waals surface area contributed by atoms with E-state index in [1.54, 1.807) is 0 Å². The van der Waals surface area contributed by atoms with Crippen molar-refractivity contribution in [2.75, 3.05) is 0 Å². The number of benzene rings is 1. The van der Waals surface area contributed by atoms with Gasteiger partial charge < -0.3 is 9.47 Å². The van der Waals surface area contributed by atoms with Crippen LogP contribution in [0.4, 0.5) is 10.5 Å². The second-order valence-corrected chi connectivity index (χ2v) is 17.5. The van der Waals surface area contributed by atoms with Crippen molar-refractivity contribution >= 4 is 11.8 Å². The molecular formula is C50H91NO5. The summed E-state index contributed by atoms with van der Waals surface area (Å²) in [4.78, 5) is 23.3. The molecule has 3 unspecified atom stereocenters. The van der Waals surface area contributed by atoms with E-state index in [9.17, 15) is 14.9 Å². The van der Waals surface area contributed by atoms with Gasteiger partial charge >= 0.3 is 6.16 Å². The number of hydrogen-bond donors (Lipinski definition) is 0. The Morgan fingerprint density at radius 2 is 0.821 bits per heavy atom. The molecule has 0 aliphatic rings. The van der Waals surface area contributed by atoms with Gasteiger partial charge in [0, 0.05) is 12.1 Å². The number of hydrogen-bond acceptors (Lipinski definition) is 5. The van der Waals surface area contributed by atoms with Gasteiger partial charge in [0.15, 0.2) is 0 Å². The van der Waals surface area contributed by atoms with Crippen molar-refractivity contribution in [3.05, 3.63) is 34.4 Å². The first-order valence-corrected chi connectivity index (χ1v) is 24.5. The average molecular weight is 786 g/mol. The van der Waals surface area contributed by atoms with Gasteiger partial charge in [-0.15, -0.1) is 0 Å². The number of ether oxygens (including phenoxy) is 2. The number of unbranched alkanes of at least 4 members (excludes halogenated alkanes) is 19. The molecule has 1 aromatic rings. The fraction of sp³-hybridized carbons (Fsp3) is 0.860. The highest BCUT2D eigenvalue weighted by Crippen LogP contribution is 2.34. The van der Waals surface area contributed by atoms with Gasteiger partial charge in [-0.25, -0.2) is 4.79 Å². The summed E-state index contributed by atoms with van der Waals surface area (Å²) in [5.41, 5.74) is -0.0317. The second kappa shape index (κ2) is 37.2. The van der Waals surface area contributed by atoms with Crippen molar-refractivity contribution < 1.29 is 19.2 Å². The number of nitro benzene ring substituents is 1. The fourth-order valence-electron chi connectivity index (χ4n) is 8.74. The molecule has 0 radical (unpaired) electrons. The van der Waals surface area contributed by atoms with E-state index in [1.807, 2.05) is 0 Å². The first kappa shape index (κ1) is 51.9. The van der Waals surface area contributed by atoms with Crippen molar-refractivity contribution in [2.45, 2.75) is 259 Å². The van der Waals surface area contributed by atoms with Gasteiger partial charge in [0.2, 0.25) is 0 Å². The molecule has 6 heteroatoms. The van der Waals surface area contributed by atoms with Crippen LogP contribution in [0.2, 0.25) is 0 Å². The maximum Gasteiger partial charge on any atom is 0.514 e. The molecule has 0 spiro atoms. The molecule has 0 heterocycles. The predicted molar refractivity (Wildman–Crippen MR) is 240 cm³/mol. The van der Waals surface area contributed by atoms with Gasteiger partial charge in [-0.1, -0.05) is 214 Å². The monoisotopic (exact) mass is 786 g/mol. The molecule has 0 aliphatic carbocycles. The summed E-state index contributed by atoms with van der Waals surface area (Å²) in [5, 5.41) is 11.0. The quantitative estimate of drug-likeness (QED) is 0.0218. The van der Waals surface area contributed by atoms with E-state index in [4.69, 9.17) is 9.47 Å². The van der Waals surface area contributed by atoms with Gasteiger partial charge in [-0.3, -0.25) is 10.1 Å². The molecule has 6 nitrogen and oxygen atoms in total. The molecule has 326 valence electrons. The normalized spacial score (nSPS) is 13.7. The van der Waals surface area contributed by atoms with E-state index in [-0.39, 0.29) is 17.5 Å². The van der Waals surface area contributed by atoms with E-state index in [1.165, 1.54) is 217 Å². The van der Waals surface area contributed by atoms with Crippen LogP contribution < -0.4 is 4.74 Å². The standard InChI is InChI=1S/C50H91NO5/c1-6-11-16-19-20-24-29-36-48(55-50(52)56-49-40-38-47(39-41-49)51(53)54)37-30-25-22-21-23-28-35-46(42-44(31-14-9-4)33-26-17-12-7-2)43-45(32-15-10-5)34-27-18-13-8-3/h38-41,44-46,48H,6-37,42-43H2,1-5H3. The zero-order valence-corrected chi connectivity index (χ0v) is 37.6. The molecule has 0 fully saturated rings. The van der Waals surface area contributed by atoms with E-state index >= 15 is 0 Å². The summed E-state index contributed by atoms with van der Waals surface area (Å²) in [5.74, 6) is 3.01. The van der Waals surface area contributed by atoms with Crippen molar-refractivity contribution in [1.82, 2.24) is 0 Å². The molecule has 0 saturated heterocycles. The fourth-order valence-corrected chi connectivity index (χ4v) is 8.74. The van der Waals surface area contributed by atoms with Gasteiger partial charge in [-0.05, 0) is 68.4 Å². The smallest absolute Gasteiger partial charge is 0.431 e. The van der Waals surface area contributed by atoms with Crippen LogP contribution >= 0.6 is 0 Å². The van der Waals surface area contributed by atoms with Crippen LogP contribution in [-0.2, 0) is 4.74 Å². The Bertz CT molecular complexity index is 1000.